The fraction of sp³-hybridized carbons (Fsp3) is 0.0500. The normalized spacial score (nSPS) is 16.5. The van der Waals surface area contributed by atoms with Crippen LogP contribution < -0.4 is 0 Å². The molecule has 588 valence electrons. The first-order chi connectivity index (χ1) is 60.7. The van der Waals surface area contributed by atoms with Crippen molar-refractivity contribution in [2.45, 2.75) is 35.5 Å². The van der Waals surface area contributed by atoms with Crippen molar-refractivity contribution in [3.63, 3.8) is 0 Å². The summed E-state index contributed by atoms with van der Waals surface area (Å²) in [6.07, 6.45) is 24.8. The third kappa shape index (κ3) is 15.7. The van der Waals surface area contributed by atoms with Gasteiger partial charge in [-0.3, -0.25) is 0 Å². The van der Waals surface area contributed by atoms with Crippen LogP contribution in [-0.2, 0) is 16.2 Å². The fourth-order valence-electron chi connectivity index (χ4n) is 19.4. The minimum Gasteiger partial charge on any atom is -0.0751 e. The van der Waals surface area contributed by atoms with Crippen molar-refractivity contribution in [2.75, 3.05) is 0 Å². The lowest BCUT2D eigenvalue weighted by atomic mass is 9.52. The van der Waals surface area contributed by atoms with Crippen LogP contribution in [0.15, 0.2) is 505 Å². The van der Waals surface area contributed by atoms with Gasteiger partial charge < -0.3 is 0 Å². The van der Waals surface area contributed by atoms with E-state index < -0.39 is 16.2 Å². The highest BCUT2D eigenvalue weighted by atomic mass is 79.9. The van der Waals surface area contributed by atoms with Crippen LogP contribution in [0.4, 0.5) is 0 Å². The Kier molecular flexibility index (Phi) is 23.1. The summed E-state index contributed by atoms with van der Waals surface area (Å²) in [5.41, 5.74) is 30.0. The van der Waals surface area contributed by atoms with Gasteiger partial charge in [0.2, 0.25) is 0 Å². The quantitative estimate of drug-likeness (QED) is 0.0629. The lowest BCUT2D eigenvalue weighted by Crippen LogP contribution is -2.39. The highest BCUT2D eigenvalue weighted by molar-refractivity contribution is 9.11. The molecule has 123 heavy (non-hydrogen) atoms. The van der Waals surface area contributed by atoms with E-state index >= 15 is 0 Å². The van der Waals surface area contributed by atoms with Crippen LogP contribution in [0.1, 0.15) is 103 Å². The summed E-state index contributed by atoms with van der Waals surface area (Å²) in [6.45, 7) is 0. The number of benzene rings is 16. The highest BCUT2D eigenvalue weighted by Crippen LogP contribution is 2.67. The molecule has 3 aliphatic carbocycles. The molecule has 0 heterocycles. The second-order valence-electron chi connectivity index (χ2n) is 31.9. The Hall–Kier alpha value is -13.4. The molecule has 0 spiro atoms. The second kappa shape index (κ2) is 35.7. The molecule has 0 saturated heterocycles. The third-order valence-corrected chi connectivity index (χ3v) is 26.4. The average Bonchev–Trinajstić information content (AvgIpc) is 0.670. The van der Waals surface area contributed by atoms with Crippen LogP contribution in [0.2, 0.25) is 0 Å². The summed E-state index contributed by atoms with van der Waals surface area (Å²) in [4.78, 5) is 0. The van der Waals surface area contributed by atoms with E-state index in [-0.39, 0.29) is 0 Å². The zero-order chi connectivity index (χ0) is 82.9. The minimum atomic E-state index is -1.20. The maximum atomic E-state index is 4.18. The summed E-state index contributed by atoms with van der Waals surface area (Å²) < 4.78 is 2.91. The van der Waals surface area contributed by atoms with Crippen molar-refractivity contribution < 1.29 is 0 Å². The zero-order valence-electron chi connectivity index (χ0n) is 68.0. The van der Waals surface area contributed by atoms with Gasteiger partial charge in [-0.2, -0.15) is 0 Å². The van der Waals surface area contributed by atoms with Gasteiger partial charge in [-0.1, -0.05) is 503 Å². The molecular formula is C120H87Br3. The van der Waals surface area contributed by atoms with E-state index in [0.29, 0.717) is 19.3 Å². The molecule has 0 amide bonds. The number of hydrogen-bond donors (Lipinski definition) is 0. The van der Waals surface area contributed by atoms with Gasteiger partial charge in [-0.25, -0.2) is 0 Å². The van der Waals surface area contributed by atoms with Crippen LogP contribution in [0, 0.1) is 0 Å². The van der Waals surface area contributed by atoms with Gasteiger partial charge in [0, 0.05) is 29.7 Å². The van der Waals surface area contributed by atoms with Crippen LogP contribution in [0.25, 0.3) is 83.5 Å². The Morgan fingerprint density at radius 1 is 0.179 bits per heavy atom. The number of rotatable bonds is 21. The Labute approximate surface area is 748 Å². The van der Waals surface area contributed by atoms with E-state index in [0.717, 1.165) is 180 Å². The molecule has 16 aromatic rings. The van der Waals surface area contributed by atoms with E-state index in [4.69, 9.17) is 0 Å². The van der Waals surface area contributed by atoms with Crippen molar-refractivity contribution in [1.29, 1.82) is 0 Å². The minimum absolute atomic E-state index is 0.496. The van der Waals surface area contributed by atoms with E-state index in [2.05, 4.69) is 539 Å². The van der Waals surface area contributed by atoms with Crippen LogP contribution in [0.3, 0.4) is 0 Å². The smallest absolute Gasteiger partial charge is 0.0444 e. The molecule has 19 rings (SSSR count). The van der Waals surface area contributed by atoms with Gasteiger partial charge in [0.05, 0.1) is 0 Å². The number of halogens is 3. The number of hydrogen-bond acceptors (Lipinski definition) is 0. The van der Waals surface area contributed by atoms with Gasteiger partial charge in [0.15, 0.2) is 0 Å². The predicted molar refractivity (Wildman–Crippen MR) is 531 cm³/mol. The molecule has 0 aromatic heterocycles. The SMILES string of the molecule is Brc1ccc(-c2c(-c3ccc(Br)cc3)c(C3(C(=C(c4ccccc4)c4ccccc4)c4ccccc4)C=CC(c4ccccc4)=CC3)c(C3(C(=C(c4ccccc4)c4ccccc4)c4ccccc4)C=CC(c4ccccc4)=CC3)c(-c3ccc(Br)cc3)c2C2(C(=C(c3ccccc3)c3ccccc3)c3ccccc3)C=CC(c3ccccc3)=CC2)cc1. The maximum absolute atomic E-state index is 4.18. The molecule has 0 radical (unpaired) electrons. The summed E-state index contributed by atoms with van der Waals surface area (Å²) in [5, 5.41) is 0. The van der Waals surface area contributed by atoms with Crippen LogP contribution in [-0.4, -0.2) is 0 Å². The summed E-state index contributed by atoms with van der Waals surface area (Å²) in [7, 11) is 0. The highest BCUT2D eigenvalue weighted by Gasteiger charge is 2.54. The van der Waals surface area contributed by atoms with Gasteiger partial charge in [-0.15, -0.1) is 0 Å². The molecule has 3 heteroatoms. The lowest BCUT2D eigenvalue weighted by molar-refractivity contribution is 0.632. The van der Waals surface area contributed by atoms with Crippen LogP contribution >= 0.6 is 47.8 Å². The molecule has 0 aliphatic heterocycles. The first-order valence-electron chi connectivity index (χ1n) is 42.3. The van der Waals surface area contributed by atoms with Crippen molar-refractivity contribution >= 4 is 97.9 Å². The summed E-state index contributed by atoms with van der Waals surface area (Å²) in [5.74, 6) is 0. The van der Waals surface area contributed by atoms with Gasteiger partial charge >= 0.3 is 0 Å². The molecule has 0 bridgehead atoms. The Morgan fingerprint density at radius 3 is 0.585 bits per heavy atom. The summed E-state index contributed by atoms with van der Waals surface area (Å²) in [6, 6.07) is 163. The van der Waals surface area contributed by atoms with E-state index in [1.54, 1.807) is 0 Å². The Bertz CT molecular complexity index is 6630. The van der Waals surface area contributed by atoms with E-state index in [1.165, 1.54) is 0 Å². The first-order valence-corrected chi connectivity index (χ1v) is 44.7. The first kappa shape index (κ1) is 79.4. The maximum Gasteiger partial charge on any atom is 0.0444 e. The van der Waals surface area contributed by atoms with Gasteiger partial charge in [0.25, 0.3) is 0 Å². The van der Waals surface area contributed by atoms with Crippen molar-refractivity contribution in [3.05, 3.63) is 588 Å². The standard InChI is InChI=1S/C120H87Br3/c121-103-67-61-97(62-68-103)109-110(98-63-69-104(122)70-64-98)116(119(81-75-89(76-82-119)86-39-15-2-16-40-86)113(101-57-33-11-34-58-101)107(93-47-23-6-24-48-93)94-49-25-7-26-50-94)117(120(83-77-90(78-84-120)87-41-17-3-18-42-87)114(102-59-35-12-36-60-102)108(95-51-27-8-28-52-95)96-53-29-9-30-54-96)111(99-65-71-105(123)72-66-99)115(109)118(79-73-88(74-80-118)85-37-13-1-14-38-85)112(100-55-31-10-32-56-100)106(91-43-19-4-20-44-91)92-45-21-5-22-46-92/h1-79,81,83H,80,82,84H2. The molecule has 3 aliphatic rings. The fourth-order valence-corrected chi connectivity index (χ4v) is 20.2. The average molecular weight is 1770 g/mol. The van der Waals surface area contributed by atoms with Crippen molar-refractivity contribution in [3.8, 4) is 33.4 Å². The largest absolute Gasteiger partial charge is 0.0751 e. The second-order valence-corrected chi connectivity index (χ2v) is 34.7. The molecule has 0 fully saturated rings. The third-order valence-electron chi connectivity index (χ3n) is 24.8. The predicted octanol–water partition coefficient (Wildman–Crippen LogP) is 32.8. The van der Waals surface area contributed by atoms with Crippen molar-refractivity contribution in [1.82, 2.24) is 0 Å². The molecular weight excluding hydrogens is 1680 g/mol. The molecule has 0 N–H and O–H groups in total. The molecule has 0 saturated carbocycles. The van der Waals surface area contributed by atoms with Crippen molar-refractivity contribution in [2.24, 2.45) is 0 Å². The topological polar surface area (TPSA) is 0 Å². The Balaban J connectivity index is 1.18. The van der Waals surface area contributed by atoms with E-state index in [9.17, 15) is 0 Å². The lowest BCUT2D eigenvalue weighted by Gasteiger charge is -2.50. The zero-order valence-corrected chi connectivity index (χ0v) is 72.8. The monoisotopic (exact) mass is 1760 g/mol. The summed E-state index contributed by atoms with van der Waals surface area (Å²) >= 11 is 12.5. The molecule has 3 atom stereocenters. The van der Waals surface area contributed by atoms with E-state index in [1.807, 2.05) is 0 Å². The molecule has 3 unspecified atom stereocenters. The van der Waals surface area contributed by atoms with Gasteiger partial charge in [0.1, 0.15) is 0 Å². The Morgan fingerprint density at radius 2 is 0.366 bits per heavy atom. The number of allylic oxidation sites excluding steroid dienone is 15. The molecule has 16 aromatic carbocycles. The molecule has 0 nitrogen and oxygen atoms in total. The van der Waals surface area contributed by atoms with Crippen LogP contribution in [0.5, 0.6) is 0 Å². The van der Waals surface area contributed by atoms with Gasteiger partial charge in [-0.05, 0) is 223 Å².